The lowest BCUT2D eigenvalue weighted by Gasteiger charge is -2.18. The van der Waals surface area contributed by atoms with Gasteiger partial charge >= 0.3 is 11.5 Å². The summed E-state index contributed by atoms with van der Waals surface area (Å²) in [5.74, 6) is -0.637. The molecule has 0 atom stereocenters. The molecule has 2 heterocycles. The van der Waals surface area contributed by atoms with Crippen LogP contribution in [0.25, 0.3) is 11.4 Å². The molecular weight excluding hydrogens is 224 g/mol. The van der Waals surface area contributed by atoms with Crippen molar-refractivity contribution in [1.29, 1.82) is 0 Å². The minimum absolute atomic E-state index is 0.00507. The van der Waals surface area contributed by atoms with Crippen LogP contribution in [-0.2, 0) is 4.74 Å². The molecule has 0 amide bonds. The van der Waals surface area contributed by atoms with E-state index in [-0.39, 0.29) is 17.1 Å². The molecule has 2 rings (SSSR count). The number of ether oxygens (including phenoxy) is 1. The van der Waals surface area contributed by atoms with E-state index in [1.807, 2.05) is 0 Å². The molecule has 0 saturated carbocycles. The summed E-state index contributed by atoms with van der Waals surface area (Å²) >= 11 is 0. The molecule has 0 saturated heterocycles. The summed E-state index contributed by atoms with van der Waals surface area (Å²) in [6.07, 6.45) is 0. The zero-order valence-electron chi connectivity index (χ0n) is 9.60. The summed E-state index contributed by atoms with van der Waals surface area (Å²) in [5, 5.41) is 0. The smallest absolute Gasteiger partial charge is 0.357 e. The number of hydrogen-bond acceptors (Lipinski definition) is 6. The molecular formula is C11H10N2O4. The first-order valence-electron chi connectivity index (χ1n) is 4.99. The fraction of sp³-hybridized carbons (Fsp3) is 0.364. The molecule has 0 aromatic carbocycles. The second kappa shape index (κ2) is 3.44. The topological polar surface area (TPSA) is 86.2 Å². The first-order chi connectivity index (χ1) is 7.78. The standard InChI is InChI=1S/C11H10N2O4/c1-11(2,3)17-10(16)6-4-5-7(12-6)8(14)9(15)13-5/h4H,1-3H3. The summed E-state index contributed by atoms with van der Waals surface area (Å²) < 4.78 is 5.08. The largest absolute Gasteiger partial charge is 0.455 e. The summed E-state index contributed by atoms with van der Waals surface area (Å²) in [6.45, 7) is 5.17. The number of aromatic nitrogens is 2. The summed E-state index contributed by atoms with van der Waals surface area (Å²) in [6, 6.07) is 1.28. The van der Waals surface area contributed by atoms with E-state index in [0.29, 0.717) is 0 Å². The second-order valence-electron chi connectivity index (χ2n) is 4.62. The molecule has 0 fully saturated rings. The van der Waals surface area contributed by atoms with Crippen molar-refractivity contribution in [2.24, 2.45) is 0 Å². The van der Waals surface area contributed by atoms with Crippen LogP contribution in [0.15, 0.2) is 15.7 Å². The Kier molecular flexibility index (Phi) is 2.30. The van der Waals surface area contributed by atoms with Gasteiger partial charge in [-0.2, -0.15) is 0 Å². The molecule has 2 aliphatic rings. The van der Waals surface area contributed by atoms with Crippen molar-refractivity contribution < 1.29 is 9.53 Å². The van der Waals surface area contributed by atoms with Gasteiger partial charge in [-0.15, -0.1) is 0 Å². The number of carbonyl (C=O) groups excluding carboxylic acids is 1. The van der Waals surface area contributed by atoms with Crippen LogP contribution in [0.1, 0.15) is 31.3 Å². The van der Waals surface area contributed by atoms with Gasteiger partial charge in [-0.25, -0.2) is 14.8 Å². The molecule has 0 unspecified atom stereocenters. The Bertz CT molecular complexity index is 632. The molecule has 0 bridgehead atoms. The minimum atomic E-state index is -0.849. The summed E-state index contributed by atoms with van der Waals surface area (Å²) in [7, 11) is 0. The Balaban J connectivity index is 2.39. The molecule has 88 valence electrons. The third-order valence-corrected chi connectivity index (χ3v) is 1.99. The van der Waals surface area contributed by atoms with Crippen molar-refractivity contribution in [3.05, 3.63) is 32.3 Å². The number of nitrogens with zero attached hydrogens (tertiary/aromatic N) is 2. The zero-order chi connectivity index (χ0) is 12.8. The quantitative estimate of drug-likeness (QED) is 0.515. The molecule has 0 aromatic heterocycles. The molecule has 6 nitrogen and oxygen atoms in total. The van der Waals surface area contributed by atoms with E-state index in [4.69, 9.17) is 4.74 Å². The van der Waals surface area contributed by atoms with Gasteiger partial charge in [-0.3, -0.25) is 9.59 Å². The van der Waals surface area contributed by atoms with Gasteiger partial charge < -0.3 is 4.74 Å². The first kappa shape index (κ1) is 11.4. The van der Waals surface area contributed by atoms with Crippen LogP contribution >= 0.6 is 0 Å². The third kappa shape index (κ3) is 2.06. The fourth-order valence-corrected chi connectivity index (χ4v) is 1.36. The Hall–Kier alpha value is -2.11. The van der Waals surface area contributed by atoms with E-state index in [1.54, 1.807) is 20.8 Å². The Labute approximate surface area is 96.3 Å². The Morgan fingerprint density at radius 1 is 1.24 bits per heavy atom. The van der Waals surface area contributed by atoms with Crippen LogP contribution in [0, 0.1) is 0 Å². The highest BCUT2D eigenvalue weighted by atomic mass is 16.6. The van der Waals surface area contributed by atoms with Gasteiger partial charge in [0.15, 0.2) is 5.69 Å². The average molecular weight is 234 g/mol. The van der Waals surface area contributed by atoms with E-state index in [2.05, 4.69) is 9.97 Å². The number of carbonyl (C=O) groups is 1. The van der Waals surface area contributed by atoms with Crippen LogP contribution in [0.5, 0.6) is 0 Å². The zero-order valence-corrected chi connectivity index (χ0v) is 9.60. The predicted octanol–water partition coefficient (Wildman–Crippen LogP) is 0.133. The molecule has 6 heteroatoms. The summed E-state index contributed by atoms with van der Waals surface area (Å²) in [4.78, 5) is 41.1. The van der Waals surface area contributed by atoms with Crippen LogP contribution < -0.4 is 11.0 Å². The van der Waals surface area contributed by atoms with Gasteiger partial charge in [-0.05, 0) is 26.8 Å². The molecule has 2 aliphatic heterocycles. The highest BCUT2D eigenvalue weighted by molar-refractivity contribution is 5.90. The average Bonchev–Trinajstić information content (AvgIpc) is 2.66. The maximum atomic E-state index is 11.6. The fourth-order valence-electron chi connectivity index (χ4n) is 1.36. The minimum Gasteiger partial charge on any atom is -0.455 e. The number of esters is 1. The van der Waals surface area contributed by atoms with Crippen molar-refractivity contribution in [2.45, 2.75) is 26.4 Å². The van der Waals surface area contributed by atoms with E-state index in [9.17, 15) is 14.4 Å². The number of rotatable bonds is 1. The molecule has 0 aliphatic carbocycles. The second-order valence-corrected chi connectivity index (χ2v) is 4.62. The van der Waals surface area contributed by atoms with E-state index < -0.39 is 22.6 Å². The maximum absolute atomic E-state index is 11.6. The van der Waals surface area contributed by atoms with E-state index >= 15 is 0 Å². The monoisotopic (exact) mass is 234 g/mol. The van der Waals surface area contributed by atoms with E-state index in [1.165, 1.54) is 6.07 Å². The van der Waals surface area contributed by atoms with Gasteiger partial charge in [0.1, 0.15) is 11.3 Å². The van der Waals surface area contributed by atoms with Crippen molar-refractivity contribution in [3.63, 3.8) is 0 Å². The van der Waals surface area contributed by atoms with Gasteiger partial charge in [0.05, 0.1) is 5.69 Å². The Morgan fingerprint density at radius 2 is 1.88 bits per heavy atom. The van der Waals surface area contributed by atoms with Crippen LogP contribution in [-0.4, -0.2) is 21.5 Å². The highest BCUT2D eigenvalue weighted by Crippen LogP contribution is 2.17. The van der Waals surface area contributed by atoms with Crippen molar-refractivity contribution in [2.75, 3.05) is 0 Å². The highest BCUT2D eigenvalue weighted by Gasteiger charge is 2.25. The van der Waals surface area contributed by atoms with Crippen molar-refractivity contribution in [3.8, 4) is 11.4 Å². The SMILES string of the molecule is CC(C)(C)OC(=O)c1cc2nc(=O)c(=O)c-2n1. The number of hydrogen-bond donors (Lipinski definition) is 0. The van der Waals surface area contributed by atoms with Crippen LogP contribution in [0.2, 0.25) is 0 Å². The number of fused-ring (bicyclic) bond motifs is 1. The third-order valence-electron chi connectivity index (χ3n) is 1.99. The van der Waals surface area contributed by atoms with Crippen LogP contribution in [0.4, 0.5) is 0 Å². The lowest BCUT2D eigenvalue weighted by atomic mass is 10.2. The summed E-state index contributed by atoms with van der Waals surface area (Å²) in [5.41, 5.74) is -2.21. The molecule has 0 N–H and O–H groups in total. The van der Waals surface area contributed by atoms with Crippen molar-refractivity contribution >= 4 is 5.97 Å². The van der Waals surface area contributed by atoms with Gasteiger partial charge in [0.2, 0.25) is 0 Å². The lowest BCUT2D eigenvalue weighted by molar-refractivity contribution is 0.00638. The van der Waals surface area contributed by atoms with Crippen LogP contribution in [0.3, 0.4) is 0 Å². The van der Waals surface area contributed by atoms with Gasteiger partial charge in [0.25, 0.3) is 5.43 Å². The predicted molar refractivity (Wildman–Crippen MR) is 58.7 cm³/mol. The van der Waals surface area contributed by atoms with Gasteiger partial charge in [-0.1, -0.05) is 0 Å². The van der Waals surface area contributed by atoms with E-state index in [0.717, 1.165) is 0 Å². The maximum Gasteiger partial charge on any atom is 0.357 e. The normalized spacial score (nSPS) is 11.9. The molecule has 0 radical (unpaired) electrons. The Morgan fingerprint density at radius 3 is 2.41 bits per heavy atom. The van der Waals surface area contributed by atoms with Gasteiger partial charge in [0, 0.05) is 0 Å². The molecule has 0 aromatic rings. The lowest BCUT2D eigenvalue weighted by Crippen LogP contribution is -2.24. The molecule has 0 spiro atoms. The van der Waals surface area contributed by atoms with Crippen molar-refractivity contribution in [1.82, 2.24) is 9.97 Å². The molecule has 17 heavy (non-hydrogen) atoms. The first-order valence-corrected chi connectivity index (χ1v) is 4.99.